The van der Waals surface area contributed by atoms with Gasteiger partial charge in [-0.2, -0.15) is 0 Å². The maximum atomic E-state index is 6.04. The molecule has 1 fully saturated rings. The summed E-state index contributed by atoms with van der Waals surface area (Å²) in [5.41, 5.74) is 5.54. The predicted molar refractivity (Wildman–Crippen MR) is 145 cm³/mol. The van der Waals surface area contributed by atoms with Crippen molar-refractivity contribution in [2.24, 2.45) is 16.3 Å². The highest BCUT2D eigenvalue weighted by Gasteiger charge is 2.26. The Morgan fingerprint density at radius 3 is 2.56 bits per heavy atom. The molecule has 0 aromatic heterocycles. The molecule has 2 aliphatic heterocycles. The third-order valence-corrected chi connectivity index (χ3v) is 8.01. The summed E-state index contributed by atoms with van der Waals surface area (Å²) in [4.78, 5) is 6.65. The van der Waals surface area contributed by atoms with Crippen molar-refractivity contribution < 1.29 is 9.47 Å². The fourth-order valence-electron chi connectivity index (χ4n) is 5.04. The Kier molecular flexibility index (Phi) is 8.76. The van der Waals surface area contributed by atoms with E-state index < -0.39 is 0 Å². The van der Waals surface area contributed by atoms with Gasteiger partial charge in [-0.1, -0.05) is 39.0 Å². The molecule has 2 heterocycles. The van der Waals surface area contributed by atoms with Crippen molar-refractivity contribution in [2.45, 2.75) is 88.9 Å². The van der Waals surface area contributed by atoms with Crippen LogP contribution in [-0.4, -0.2) is 25.5 Å². The average Bonchev–Trinajstić information content (AvgIpc) is 2.99. The van der Waals surface area contributed by atoms with Crippen molar-refractivity contribution in [2.75, 3.05) is 13.7 Å². The fourth-order valence-corrected chi connectivity index (χ4v) is 5.93. The number of aryl methyl sites for hydroxylation is 1. The minimum Gasteiger partial charge on any atom is -0.497 e. The summed E-state index contributed by atoms with van der Waals surface area (Å²) in [6.07, 6.45) is 9.99. The van der Waals surface area contributed by atoms with Crippen LogP contribution < -0.4 is 4.74 Å². The lowest BCUT2D eigenvalue weighted by molar-refractivity contribution is 0.00868. The minimum atomic E-state index is 0.240. The SMILES string of the molecule is COc1ccc(CSc2ccc3c(c2)N=C(CC(C)(C)C)C(CCC2CCCCO2)CC3)cc1. The second-order valence-corrected chi connectivity index (χ2v) is 12.1. The first-order valence-electron chi connectivity index (χ1n) is 13.0. The van der Waals surface area contributed by atoms with Crippen LogP contribution in [0.1, 0.15) is 76.8 Å². The lowest BCUT2D eigenvalue weighted by Gasteiger charge is -2.27. The van der Waals surface area contributed by atoms with E-state index in [1.165, 1.54) is 65.9 Å². The number of hydrogen-bond acceptors (Lipinski definition) is 4. The van der Waals surface area contributed by atoms with E-state index in [1.54, 1.807) is 7.11 Å². The molecule has 1 saturated heterocycles. The van der Waals surface area contributed by atoms with Crippen molar-refractivity contribution in [1.29, 1.82) is 0 Å². The quantitative estimate of drug-likeness (QED) is 0.356. The third-order valence-electron chi connectivity index (χ3n) is 6.94. The molecule has 0 N–H and O–H groups in total. The molecule has 3 nitrogen and oxygen atoms in total. The molecule has 0 saturated carbocycles. The number of nitrogens with zero attached hydrogens (tertiary/aromatic N) is 1. The van der Waals surface area contributed by atoms with E-state index in [1.807, 2.05) is 23.9 Å². The van der Waals surface area contributed by atoms with Crippen LogP contribution in [0.2, 0.25) is 0 Å². The Hall–Kier alpha value is -1.78. The van der Waals surface area contributed by atoms with Crippen LogP contribution in [0.3, 0.4) is 0 Å². The second kappa shape index (κ2) is 11.8. The van der Waals surface area contributed by atoms with Crippen LogP contribution in [-0.2, 0) is 16.9 Å². The van der Waals surface area contributed by atoms with Crippen molar-refractivity contribution in [3.05, 3.63) is 53.6 Å². The van der Waals surface area contributed by atoms with Gasteiger partial charge in [-0.15, -0.1) is 11.8 Å². The van der Waals surface area contributed by atoms with Crippen molar-refractivity contribution in [3.8, 4) is 5.75 Å². The zero-order chi connectivity index (χ0) is 24.0. The highest BCUT2D eigenvalue weighted by Crippen LogP contribution is 2.37. The van der Waals surface area contributed by atoms with Gasteiger partial charge in [-0.25, -0.2) is 0 Å². The maximum absolute atomic E-state index is 6.04. The molecule has 4 heteroatoms. The summed E-state index contributed by atoms with van der Waals surface area (Å²) < 4.78 is 11.3. The minimum absolute atomic E-state index is 0.240. The zero-order valence-corrected chi connectivity index (χ0v) is 22.3. The molecule has 4 rings (SSSR count). The van der Waals surface area contributed by atoms with Gasteiger partial charge in [-0.3, -0.25) is 4.99 Å². The van der Waals surface area contributed by atoms with Crippen molar-refractivity contribution in [3.63, 3.8) is 0 Å². The van der Waals surface area contributed by atoms with Crippen LogP contribution in [0, 0.1) is 11.3 Å². The van der Waals surface area contributed by atoms with Crippen LogP contribution in [0.4, 0.5) is 5.69 Å². The molecule has 184 valence electrons. The summed E-state index contributed by atoms with van der Waals surface area (Å²) in [7, 11) is 1.71. The summed E-state index contributed by atoms with van der Waals surface area (Å²) in [6.45, 7) is 7.96. The highest BCUT2D eigenvalue weighted by atomic mass is 32.2. The molecule has 0 spiro atoms. The molecular weight excluding hydrogens is 438 g/mol. The molecule has 0 bridgehead atoms. The Balaban J connectivity index is 1.48. The monoisotopic (exact) mass is 479 g/mol. The van der Waals surface area contributed by atoms with Gasteiger partial charge in [0.1, 0.15) is 5.75 Å². The first kappa shape index (κ1) is 25.3. The maximum Gasteiger partial charge on any atom is 0.118 e. The van der Waals surface area contributed by atoms with E-state index in [4.69, 9.17) is 14.5 Å². The number of methoxy groups -OCH3 is 1. The van der Waals surface area contributed by atoms with Crippen LogP contribution in [0.25, 0.3) is 0 Å². The van der Waals surface area contributed by atoms with Crippen LogP contribution in [0.15, 0.2) is 52.4 Å². The topological polar surface area (TPSA) is 30.8 Å². The molecule has 2 atom stereocenters. The lowest BCUT2D eigenvalue weighted by atomic mass is 9.81. The number of aliphatic imine (C=N–C) groups is 1. The fraction of sp³-hybridized carbons (Fsp3) is 0.567. The smallest absolute Gasteiger partial charge is 0.118 e. The van der Waals surface area contributed by atoms with E-state index in [2.05, 4.69) is 51.1 Å². The van der Waals surface area contributed by atoms with E-state index in [0.717, 1.165) is 31.0 Å². The molecule has 0 aliphatic carbocycles. The molecule has 0 amide bonds. The normalized spacial score (nSPS) is 20.9. The average molecular weight is 480 g/mol. The summed E-state index contributed by atoms with van der Waals surface area (Å²) in [6, 6.07) is 15.3. The largest absolute Gasteiger partial charge is 0.497 e. The molecule has 34 heavy (non-hydrogen) atoms. The Bertz CT molecular complexity index is 955. The van der Waals surface area contributed by atoms with Gasteiger partial charge in [0, 0.05) is 23.0 Å². The van der Waals surface area contributed by atoms with Crippen LogP contribution >= 0.6 is 11.8 Å². The lowest BCUT2D eigenvalue weighted by Crippen LogP contribution is -2.24. The number of fused-ring (bicyclic) bond motifs is 1. The van der Waals surface area contributed by atoms with Crippen LogP contribution in [0.5, 0.6) is 5.75 Å². The second-order valence-electron chi connectivity index (χ2n) is 11.1. The third kappa shape index (κ3) is 7.36. The first-order valence-corrected chi connectivity index (χ1v) is 14.0. The Morgan fingerprint density at radius 1 is 1.03 bits per heavy atom. The molecule has 2 aromatic carbocycles. The molecule has 2 aliphatic rings. The van der Waals surface area contributed by atoms with Gasteiger partial charge in [0.25, 0.3) is 0 Å². The van der Waals surface area contributed by atoms with Gasteiger partial charge >= 0.3 is 0 Å². The Morgan fingerprint density at radius 2 is 1.85 bits per heavy atom. The number of hydrogen-bond donors (Lipinski definition) is 0. The van der Waals surface area contributed by atoms with E-state index in [0.29, 0.717) is 12.0 Å². The van der Waals surface area contributed by atoms with Gasteiger partial charge in [-0.05, 0) is 98.1 Å². The van der Waals surface area contributed by atoms with E-state index >= 15 is 0 Å². The Labute approximate surface area is 210 Å². The van der Waals surface area contributed by atoms with Crippen molar-refractivity contribution >= 4 is 23.2 Å². The first-order chi connectivity index (χ1) is 16.4. The molecule has 2 unspecified atom stereocenters. The number of benzene rings is 2. The van der Waals surface area contributed by atoms with Crippen molar-refractivity contribution in [1.82, 2.24) is 0 Å². The highest BCUT2D eigenvalue weighted by molar-refractivity contribution is 7.98. The van der Waals surface area contributed by atoms with Gasteiger partial charge in [0.2, 0.25) is 0 Å². The zero-order valence-electron chi connectivity index (χ0n) is 21.4. The molecular formula is C30H41NO2S. The number of ether oxygens (including phenoxy) is 2. The number of thioether (sulfide) groups is 1. The van der Waals surface area contributed by atoms with E-state index in [-0.39, 0.29) is 5.41 Å². The van der Waals surface area contributed by atoms with E-state index in [9.17, 15) is 0 Å². The molecule has 0 radical (unpaired) electrons. The van der Waals surface area contributed by atoms with Gasteiger partial charge in [0.15, 0.2) is 0 Å². The predicted octanol–water partition coefficient (Wildman–Crippen LogP) is 8.41. The standard InChI is InChI=1S/C30H41NO2S/c1-30(2,3)20-29-24(12-16-26-7-5-6-18-33-26)11-10-23-13-17-27(19-28(23)31-29)34-21-22-8-14-25(32-4)15-9-22/h8-9,13-15,17,19,24,26H,5-7,10-12,16,18,20-21H2,1-4H3. The summed E-state index contributed by atoms with van der Waals surface area (Å²) in [5.74, 6) is 2.42. The number of rotatable bonds is 8. The summed E-state index contributed by atoms with van der Waals surface area (Å²) >= 11 is 1.88. The van der Waals surface area contributed by atoms with Gasteiger partial charge in [0.05, 0.1) is 18.9 Å². The summed E-state index contributed by atoms with van der Waals surface area (Å²) in [5, 5.41) is 0. The van der Waals surface area contributed by atoms with Gasteiger partial charge < -0.3 is 9.47 Å². The molecule has 2 aromatic rings.